The summed E-state index contributed by atoms with van der Waals surface area (Å²) < 4.78 is 0.634. The maximum Gasteiger partial charge on any atom is 0.339 e. The number of rotatable bonds is 3. The van der Waals surface area contributed by atoms with Crippen LogP contribution >= 0.6 is 15.9 Å². The number of aromatic carboxylic acids is 1. The largest absolute Gasteiger partial charge is 0.478 e. The zero-order valence-corrected chi connectivity index (χ0v) is 11.2. The maximum atomic E-state index is 11.1. The van der Waals surface area contributed by atoms with Crippen molar-refractivity contribution >= 4 is 33.4 Å². The minimum Gasteiger partial charge on any atom is -0.478 e. The molecule has 0 fully saturated rings. The van der Waals surface area contributed by atoms with Gasteiger partial charge < -0.3 is 10.4 Å². The molecule has 0 saturated heterocycles. The van der Waals surface area contributed by atoms with Crippen molar-refractivity contribution < 1.29 is 9.90 Å². The number of carbonyl (C=O) groups is 1. The van der Waals surface area contributed by atoms with Crippen LogP contribution in [-0.2, 0) is 0 Å². The number of anilines is 2. The molecule has 0 atom stereocenters. The third-order valence-corrected chi connectivity index (χ3v) is 2.83. The summed E-state index contributed by atoms with van der Waals surface area (Å²) in [6.07, 6.45) is 1.56. The lowest BCUT2D eigenvalue weighted by atomic mass is 10.2. The van der Waals surface area contributed by atoms with Gasteiger partial charge in [-0.25, -0.2) is 9.78 Å². The molecule has 18 heavy (non-hydrogen) atoms. The van der Waals surface area contributed by atoms with Gasteiger partial charge in [-0.2, -0.15) is 0 Å². The normalized spacial score (nSPS) is 10.1. The fraction of sp³-hybridized carbons (Fsp3) is 0.0769. The van der Waals surface area contributed by atoms with Crippen molar-refractivity contribution in [2.45, 2.75) is 6.92 Å². The highest BCUT2D eigenvalue weighted by molar-refractivity contribution is 9.10. The summed E-state index contributed by atoms with van der Waals surface area (Å²) in [6, 6.07) is 9.17. The molecule has 0 aliphatic heterocycles. The number of carboxylic acids is 1. The van der Waals surface area contributed by atoms with Crippen LogP contribution in [0.25, 0.3) is 0 Å². The van der Waals surface area contributed by atoms with Gasteiger partial charge in [0.25, 0.3) is 0 Å². The highest BCUT2D eigenvalue weighted by Crippen LogP contribution is 2.22. The summed E-state index contributed by atoms with van der Waals surface area (Å²) in [6.45, 7) is 1.99. The van der Waals surface area contributed by atoms with E-state index in [2.05, 4.69) is 26.2 Å². The average Bonchev–Trinajstić information content (AvgIpc) is 2.34. The molecule has 0 spiro atoms. The highest BCUT2D eigenvalue weighted by atomic mass is 79.9. The van der Waals surface area contributed by atoms with E-state index in [4.69, 9.17) is 5.11 Å². The number of aromatic nitrogens is 1. The van der Waals surface area contributed by atoms with Crippen molar-refractivity contribution in [3.05, 3.63) is 52.1 Å². The van der Waals surface area contributed by atoms with Crippen LogP contribution in [0.1, 0.15) is 15.9 Å². The molecule has 0 saturated carbocycles. The second kappa shape index (κ2) is 5.18. The van der Waals surface area contributed by atoms with Gasteiger partial charge in [-0.15, -0.1) is 0 Å². The van der Waals surface area contributed by atoms with E-state index >= 15 is 0 Å². The first-order chi connectivity index (χ1) is 8.56. The van der Waals surface area contributed by atoms with Crippen molar-refractivity contribution in [3.8, 4) is 0 Å². The lowest BCUT2D eigenvalue weighted by Crippen LogP contribution is -2.04. The topological polar surface area (TPSA) is 62.2 Å². The van der Waals surface area contributed by atoms with Crippen LogP contribution < -0.4 is 5.32 Å². The van der Waals surface area contributed by atoms with Gasteiger partial charge in [0.15, 0.2) is 0 Å². The smallest absolute Gasteiger partial charge is 0.339 e. The number of nitrogens with zero attached hydrogens (tertiary/aromatic N) is 1. The second-order valence-electron chi connectivity index (χ2n) is 3.85. The Hall–Kier alpha value is -1.88. The van der Waals surface area contributed by atoms with Crippen LogP contribution in [-0.4, -0.2) is 16.1 Å². The predicted molar refractivity (Wildman–Crippen MR) is 73.4 cm³/mol. The molecule has 0 amide bonds. The Morgan fingerprint density at radius 2 is 2.00 bits per heavy atom. The lowest BCUT2D eigenvalue weighted by Gasteiger charge is -2.09. The first-order valence-electron chi connectivity index (χ1n) is 5.29. The van der Waals surface area contributed by atoms with E-state index in [9.17, 15) is 4.79 Å². The minimum absolute atomic E-state index is 0.130. The van der Waals surface area contributed by atoms with Crippen LogP contribution in [0.2, 0.25) is 0 Å². The molecule has 0 unspecified atom stereocenters. The number of hydrogen-bond acceptors (Lipinski definition) is 3. The predicted octanol–water partition coefficient (Wildman–Crippen LogP) is 3.59. The third kappa shape index (κ3) is 2.87. The van der Waals surface area contributed by atoms with Gasteiger partial charge in [0, 0.05) is 16.4 Å². The zero-order chi connectivity index (χ0) is 13.1. The van der Waals surface area contributed by atoms with Crippen LogP contribution in [0, 0.1) is 6.92 Å². The summed E-state index contributed by atoms with van der Waals surface area (Å²) in [5.74, 6) is -0.687. The number of halogens is 1. The number of aryl methyl sites for hydroxylation is 1. The van der Waals surface area contributed by atoms with Gasteiger partial charge in [0.05, 0.1) is 0 Å². The van der Waals surface area contributed by atoms with Gasteiger partial charge >= 0.3 is 5.97 Å². The fourth-order valence-corrected chi connectivity index (χ4v) is 1.81. The number of benzene rings is 1. The van der Waals surface area contributed by atoms with E-state index in [0.29, 0.717) is 10.3 Å². The van der Waals surface area contributed by atoms with Crippen molar-refractivity contribution in [2.75, 3.05) is 5.32 Å². The summed E-state index contributed by atoms with van der Waals surface area (Å²) in [4.78, 5) is 15.2. The Balaban J connectivity index is 2.34. The quantitative estimate of drug-likeness (QED) is 0.909. The zero-order valence-electron chi connectivity index (χ0n) is 9.64. The summed E-state index contributed by atoms with van der Waals surface area (Å²) in [5, 5.41) is 12.1. The fourth-order valence-electron chi connectivity index (χ4n) is 1.48. The summed E-state index contributed by atoms with van der Waals surface area (Å²) in [5.41, 5.74) is 2.07. The van der Waals surface area contributed by atoms with Crippen molar-refractivity contribution in [3.63, 3.8) is 0 Å². The molecule has 2 N–H and O–H groups in total. The highest BCUT2D eigenvalue weighted by Gasteiger charge is 2.12. The van der Waals surface area contributed by atoms with Gasteiger partial charge in [0.2, 0.25) is 0 Å². The van der Waals surface area contributed by atoms with Crippen molar-refractivity contribution in [1.29, 1.82) is 0 Å². The maximum absolute atomic E-state index is 11.1. The van der Waals surface area contributed by atoms with Crippen LogP contribution in [0.15, 0.2) is 41.0 Å². The summed E-state index contributed by atoms with van der Waals surface area (Å²) >= 11 is 3.21. The van der Waals surface area contributed by atoms with Crippen LogP contribution in [0.3, 0.4) is 0 Å². The molecule has 2 rings (SSSR count). The van der Waals surface area contributed by atoms with Gasteiger partial charge in [0.1, 0.15) is 11.4 Å². The SMILES string of the molecule is Cc1ccc(Nc2ncc(Br)cc2C(=O)O)cc1. The first kappa shape index (κ1) is 12.6. The van der Waals surface area contributed by atoms with Gasteiger partial charge in [-0.1, -0.05) is 17.7 Å². The van der Waals surface area contributed by atoms with E-state index in [1.807, 2.05) is 31.2 Å². The van der Waals surface area contributed by atoms with Crippen LogP contribution in [0.4, 0.5) is 11.5 Å². The van der Waals surface area contributed by atoms with Crippen molar-refractivity contribution in [1.82, 2.24) is 4.98 Å². The molecule has 0 bridgehead atoms. The molecular formula is C13H11BrN2O2. The Labute approximate surface area is 113 Å². The first-order valence-corrected chi connectivity index (χ1v) is 6.08. The molecule has 0 radical (unpaired) electrons. The number of pyridine rings is 1. The van der Waals surface area contributed by atoms with E-state index in [1.54, 1.807) is 6.20 Å². The van der Waals surface area contributed by atoms with Crippen molar-refractivity contribution in [2.24, 2.45) is 0 Å². The monoisotopic (exact) mass is 306 g/mol. The number of carboxylic acid groups (broad SMARTS) is 1. The molecule has 92 valence electrons. The molecule has 1 aromatic heterocycles. The molecule has 2 aromatic rings. The molecule has 4 nitrogen and oxygen atoms in total. The van der Waals surface area contributed by atoms with E-state index in [-0.39, 0.29) is 5.56 Å². The number of hydrogen-bond donors (Lipinski definition) is 2. The van der Waals surface area contributed by atoms with Gasteiger partial charge in [-0.05, 0) is 41.1 Å². The Bertz CT molecular complexity index is 582. The summed E-state index contributed by atoms with van der Waals surface area (Å²) in [7, 11) is 0. The molecule has 1 heterocycles. The molecule has 0 aliphatic carbocycles. The standard InChI is InChI=1S/C13H11BrN2O2/c1-8-2-4-10(5-3-8)16-12-11(13(17)18)6-9(14)7-15-12/h2-7H,1H3,(H,15,16)(H,17,18). The Kier molecular flexibility index (Phi) is 3.62. The van der Waals surface area contributed by atoms with E-state index < -0.39 is 5.97 Å². The Morgan fingerprint density at radius 1 is 1.33 bits per heavy atom. The lowest BCUT2D eigenvalue weighted by molar-refractivity contribution is 0.0697. The van der Waals surface area contributed by atoms with Crippen LogP contribution in [0.5, 0.6) is 0 Å². The second-order valence-corrected chi connectivity index (χ2v) is 4.76. The average molecular weight is 307 g/mol. The van der Waals surface area contributed by atoms with Gasteiger partial charge in [-0.3, -0.25) is 0 Å². The third-order valence-electron chi connectivity index (χ3n) is 2.40. The molecule has 0 aliphatic rings. The molecule has 1 aromatic carbocycles. The van der Waals surface area contributed by atoms with E-state index in [0.717, 1.165) is 11.3 Å². The van der Waals surface area contributed by atoms with E-state index in [1.165, 1.54) is 6.07 Å². The minimum atomic E-state index is -1.02. The molecule has 5 heteroatoms. The Morgan fingerprint density at radius 3 is 2.61 bits per heavy atom. The number of nitrogens with one attached hydrogen (secondary N) is 1. The molecular weight excluding hydrogens is 296 g/mol.